The number of aromatic amines is 1. The topological polar surface area (TPSA) is 95.8 Å². The summed E-state index contributed by atoms with van der Waals surface area (Å²) in [6.45, 7) is 1.62. The van der Waals surface area contributed by atoms with E-state index >= 15 is 0 Å². The summed E-state index contributed by atoms with van der Waals surface area (Å²) in [6, 6.07) is 2.05. The van der Waals surface area contributed by atoms with Gasteiger partial charge in [0.25, 0.3) is 6.43 Å². The van der Waals surface area contributed by atoms with Crippen molar-refractivity contribution in [1.29, 1.82) is 0 Å². The summed E-state index contributed by atoms with van der Waals surface area (Å²) in [4.78, 5) is 10.3. The Bertz CT molecular complexity index is 658. The molecule has 0 aromatic carbocycles. The smallest absolute Gasteiger partial charge is 0.280 e. The fraction of sp³-hybridized carbons (Fsp3) is 0.462. The molecule has 0 unspecified atom stereocenters. The van der Waals surface area contributed by atoms with Crippen molar-refractivity contribution in [2.75, 3.05) is 30.8 Å². The summed E-state index contributed by atoms with van der Waals surface area (Å²) in [5.74, 6) is 0.698. The van der Waals surface area contributed by atoms with Gasteiger partial charge in [-0.2, -0.15) is 10.1 Å². The lowest BCUT2D eigenvalue weighted by molar-refractivity contribution is 0.146. The van der Waals surface area contributed by atoms with Gasteiger partial charge in [0.2, 0.25) is 5.95 Å². The number of hydrogen-bond acceptors (Lipinski definition) is 6. The van der Waals surface area contributed by atoms with Crippen molar-refractivity contribution in [1.82, 2.24) is 25.5 Å². The number of hydrogen-bond donors (Lipinski definition) is 3. The maximum Gasteiger partial charge on any atom is 0.280 e. The zero-order valence-electron chi connectivity index (χ0n) is 12.1. The van der Waals surface area contributed by atoms with E-state index in [-0.39, 0.29) is 17.2 Å². The first kappa shape index (κ1) is 14.6. The highest BCUT2D eigenvalue weighted by Crippen LogP contribution is 2.30. The van der Waals surface area contributed by atoms with E-state index in [4.69, 9.17) is 5.73 Å². The molecule has 0 radical (unpaired) electrons. The second-order valence-corrected chi connectivity index (χ2v) is 5.19. The zero-order valence-corrected chi connectivity index (χ0v) is 12.1. The van der Waals surface area contributed by atoms with E-state index in [9.17, 15) is 8.78 Å². The van der Waals surface area contributed by atoms with E-state index in [0.29, 0.717) is 17.6 Å². The zero-order chi connectivity index (χ0) is 15.7. The lowest BCUT2D eigenvalue weighted by Gasteiger charge is -2.18. The Balaban J connectivity index is 1.95. The predicted octanol–water partition coefficient (Wildman–Crippen LogP) is 1.18. The summed E-state index contributed by atoms with van der Waals surface area (Å²) in [5.41, 5.74) is 6.07. The second-order valence-electron chi connectivity index (χ2n) is 5.19. The normalized spacial score (nSPS) is 18.4. The van der Waals surface area contributed by atoms with Crippen molar-refractivity contribution in [2.24, 2.45) is 0 Å². The summed E-state index contributed by atoms with van der Waals surface area (Å²) in [7, 11) is 1.91. The first-order chi connectivity index (χ1) is 10.6. The van der Waals surface area contributed by atoms with Crippen LogP contribution in [0, 0.1) is 0 Å². The van der Waals surface area contributed by atoms with Gasteiger partial charge < -0.3 is 16.0 Å². The molecule has 22 heavy (non-hydrogen) atoms. The minimum Gasteiger partial charge on any atom is -0.368 e. The minimum absolute atomic E-state index is 0.0572. The van der Waals surface area contributed by atoms with Crippen LogP contribution in [0.25, 0.3) is 11.3 Å². The summed E-state index contributed by atoms with van der Waals surface area (Å²) < 4.78 is 26.0. The van der Waals surface area contributed by atoms with Gasteiger partial charge in [-0.15, -0.1) is 0 Å². The lowest BCUT2D eigenvalue weighted by Crippen LogP contribution is -2.30. The fourth-order valence-corrected chi connectivity index (χ4v) is 2.62. The first-order valence-corrected chi connectivity index (χ1v) is 6.97. The molecule has 0 aliphatic carbocycles. The number of aromatic nitrogens is 4. The van der Waals surface area contributed by atoms with Crippen LogP contribution in [0.3, 0.4) is 0 Å². The average Bonchev–Trinajstić information content (AvgIpc) is 3.15. The van der Waals surface area contributed by atoms with Crippen LogP contribution < -0.4 is 16.0 Å². The van der Waals surface area contributed by atoms with Crippen molar-refractivity contribution in [3.63, 3.8) is 0 Å². The number of H-pyrrole nitrogens is 1. The quantitative estimate of drug-likeness (QED) is 0.785. The molecule has 1 saturated heterocycles. The Morgan fingerprint density at radius 2 is 2.27 bits per heavy atom. The predicted molar refractivity (Wildman–Crippen MR) is 78.7 cm³/mol. The Morgan fingerprint density at radius 1 is 1.45 bits per heavy atom. The van der Waals surface area contributed by atoms with Gasteiger partial charge in [-0.25, -0.2) is 13.8 Å². The lowest BCUT2D eigenvalue weighted by atomic mass is 10.1. The highest BCUT2D eigenvalue weighted by Gasteiger charge is 2.24. The molecule has 1 aliphatic heterocycles. The molecule has 3 heterocycles. The van der Waals surface area contributed by atoms with Crippen LogP contribution in [0.1, 0.15) is 18.5 Å². The van der Waals surface area contributed by atoms with Crippen LogP contribution in [0.4, 0.5) is 20.5 Å². The van der Waals surface area contributed by atoms with Crippen LogP contribution >= 0.6 is 0 Å². The molecule has 0 saturated carbocycles. The third-order valence-corrected chi connectivity index (χ3v) is 3.81. The first-order valence-electron chi connectivity index (χ1n) is 6.97. The van der Waals surface area contributed by atoms with Gasteiger partial charge in [-0.3, -0.25) is 5.10 Å². The Hall–Kier alpha value is -2.29. The number of rotatable bonds is 4. The number of alkyl halides is 2. The maximum atomic E-state index is 13.0. The van der Waals surface area contributed by atoms with E-state index in [1.54, 1.807) is 6.07 Å². The van der Waals surface area contributed by atoms with E-state index in [1.807, 2.05) is 7.05 Å². The second kappa shape index (κ2) is 5.84. The number of halogens is 2. The number of nitrogen functional groups attached to an aromatic ring is 1. The molecule has 9 heteroatoms. The highest BCUT2D eigenvalue weighted by molar-refractivity contribution is 5.66. The van der Waals surface area contributed by atoms with Crippen LogP contribution in [0.15, 0.2) is 12.3 Å². The number of nitrogens with one attached hydrogen (secondary N) is 2. The molecule has 1 aliphatic rings. The van der Waals surface area contributed by atoms with E-state index < -0.39 is 6.43 Å². The Kier molecular flexibility index (Phi) is 3.88. The molecule has 0 bridgehead atoms. The maximum absolute atomic E-state index is 13.0. The largest absolute Gasteiger partial charge is 0.368 e. The van der Waals surface area contributed by atoms with Crippen LogP contribution in [-0.4, -0.2) is 46.3 Å². The number of likely N-dealkylation sites (N-methyl/N-ethyl adjacent to an activating group) is 1. The number of nitrogens with two attached hydrogens (primary N) is 1. The monoisotopic (exact) mass is 309 g/mol. The summed E-state index contributed by atoms with van der Waals surface area (Å²) in [5, 5.41) is 9.19. The van der Waals surface area contributed by atoms with Crippen LogP contribution in [0.2, 0.25) is 0 Å². The fourth-order valence-electron chi connectivity index (χ4n) is 2.62. The molecule has 1 fully saturated rings. The number of anilines is 2. The summed E-state index contributed by atoms with van der Waals surface area (Å²) >= 11 is 0. The third kappa shape index (κ3) is 2.71. The van der Waals surface area contributed by atoms with E-state index in [2.05, 4.69) is 30.4 Å². The van der Waals surface area contributed by atoms with Gasteiger partial charge in [0, 0.05) is 30.8 Å². The van der Waals surface area contributed by atoms with Crippen molar-refractivity contribution < 1.29 is 8.78 Å². The van der Waals surface area contributed by atoms with Gasteiger partial charge in [0.15, 0.2) is 0 Å². The molecule has 1 atom stereocenters. The molecule has 0 amide bonds. The molecular weight excluding hydrogens is 292 g/mol. The van der Waals surface area contributed by atoms with Crippen molar-refractivity contribution in [2.45, 2.75) is 18.9 Å². The molecule has 4 N–H and O–H groups in total. The SMILES string of the molecule is CN[C@@H]1CCN(c2cc(-c3cn[nH]c3C(F)F)nc(N)n2)C1. The average molecular weight is 309 g/mol. The summed E-state index contributed by atoms with van der Waals surface area (Å²) in [6.07, 6.45) is -0.338. The van der Waals surface area contributed by atoms with Crippen LogP contribution in [-0.2, 0) is 0 Å². The molecule has 2 aromatic heterocycles. The number of nitrogens with zero attached hydrogens (tertiary/aromatic N) is 4. The minimum atomic E-state index is -2.66. The van der Waals surface area contributed by atoms with Gasteiger partial charge >= 0.3 is 0 Å². The van der Waals surface area contributed by atoms with E-state index in [0.717, 1.165) is 19.5 Å². The van der Waals surface area contributed by atoms with Gasteiger partial charge in [-0.05, 0) is 13.5 Å². The van der Waals surface area contributed by atoms with Crippen LogP contribution in [0.5, 0.6) is 0 Å². The van der Waals surface area contributed by atoms with Crippen molar-refractivity contribution >= 4 is 11.8 Å². The standard InChI is InChI=1S/C13H17F2N7/c1-17-7-2-3-22(6-7)10-4-9(19-13(16)20-10)8-5-18-21-11(8)12(14)15/h4-5,7,12,17H,2-3,6H2,1H3,(H,18,21)(H2,16,19,20)/t7-/m1/s1. The van der Waals surface area contributed by atoms with Gasteiger partial charge in [-0.1, -0.05) is 0 Å². The molecule has 7 nitrogen and oxygen atoms in total. The molecular formula is C13H17F2N7. The molecule has 2 aromatic rings. The Labute approximate surface area is 125 Å². The highest BCUT2D eigenvalue weighted by atomic mass is 19.3. The third-order valence-electron chi connectivity index (χ3n) is 3.81. The van der Waals surface area contributed by atoms with Gasteiger partial charge in [0.1, 0.15) is 11.5 Å². The van der Waals surface area contributed by atoms with E-state index in [1.165, 1.54) is 6.20 Å². The van der Waals surface area contributed by atoms with Gasteiger partial charge in [0.05, 0.1) is 11.9 Å². The molecule has 0 spiro atoms. The van der Waals surface area contributed by atoms with Crippen molar-refractivity contribution in [3.8, 4) is 11.3 Å². The molecule has 118 valence electrons. The Morgan fingerprint density at radius 3 is 2.95 bits per heavy atom. The molecule has 3 rings (SSSR count). The van der Waals surface area contributed by atoms with Crippen molar-refractivity contribution in [3.05, 3.63) is 18.0 Å².